The standard InChI is InChI=1S/C21H38N4O6/c1-4-5-16-30-21(23-11-14-27,24-12-15-28)20(22-10-13-26)31-19(29)17-6-8-18(9-7-17)25(2)3/h6-9,20,22-24,26-28H,4-5,10-16H2,1-3H3. The average molecular weight is 443 g/mol. The van der Waals surface area contributed by atoms with E-state index in [-0.39, 0.29) is 39.5 Å². The van der Waals surface area contributed by atoms with E-state index in [1.807, 2.05) is 38.1 Å². The SMILES string of the molecule is CCCCOC(NCCO)(NCCO)C(NCCO)OC(=O)c1ccc(N(C)C)cc1. The van der Waals surface area contributed by atoms with Crippen molar-refractivity contribution in [2.24, 2.45) is 0 Å². The second kappa shape index (κ2) is 15.1. The number of hydrogen-bond acceptors (Lipinski definition) is 10. The maximum Gasteiger partial charge on any atom is 0.339 e. The van der Waals surface area contributed by atoms with Gasteiger partial charge in [0.05, 0.1) is 32.0 Å². The van der Waals surface area contributed by atoms with Crippen LogP contribution in [0.4, 0.5) is 5.69 Å². The van der Waals surface area contributed by atoms with Crippen molar-refractivity contribution in [2.45, 2.75) is 31.8 Å². The van der Waals surface area contributed by atoms with Crippen molar-refractivity contribution in [3.8, 4) is 0 Å². The van der Waals surface area contributed by atoms with Crippen molar-refractivity contribution in [1.29, 1.82) is 0 Å². The van der Waals surface area contributed by atoms with Gasteiger partial charge in [0.2, 0.25) is 12.1 Å². The highest BCUT2D eigenvalue weighted by Crippen LogP contribution is 2.17. The summed E-state index contributed by atoms with van der Waals surface area (Å²) in [5.41, 5.74) is 1.30. The van der Waals surface area contributed by atoms with Gasteiger partial charge in [-0.2, -0.15) is 0 Å². The molecule has 0 radical (unpaired) electrons. The molecule has 1 unspecified atom stereocenters. The third kappa shape index (κ3) is 9.08. The molecule has 31 heavy (non-hydrogen) atoms. The minimum Gasteiger partial charge on any atom is -0.437 e. The maximum absolute atomic E-state index is 12.9. The van der Waals surface area contributed by atoms with E-state index in [2.05, 4.69) is 16.0 Å². The van der Waals surface area contributed by atoms with Gasteiger partial charge < -0.3 is 29.7 Å². The summed E-state index contributed by atoms with van der Waals surface area (Å²) in [6.45, 7) is 2.27. The molecule has 178 valence electrons. The average Bonchev–Trinajstić information content (AvgIpc) is 2.78. The zero-order valence-electron chi connectivity index (χ0n) is 18.8. The third-order valence-corrected chi connectivity index (χ3v) is 4.48. The monoisotopic (exact) mass is 442 g/mol. The lowest BCUT2D eigenvalue weighted by Crippen LogP contribution is -2.71. The Hall–Kier alpha value is -1.79. The number of aliphatic hydroxyl groups excluding tert-OH is 3. The summed E-state index contributed by atoms with van der Waals surface area (Å²) in [4.78, 5) is 14.8. The Balaban J connectivity index is 3.15. The molecule has 1 aromatic rings. The van der Waals surface area contributed by atoms with Gasteiger partial charge in [-0.25, -0.2) is 4.79 Å². The molecule has 0 fully saturated rings. The maximum atomic E-state index is 12.9. The van der Waals surface area contributed by atoms with E-state index in [0.717, 1.165) is 18.5 Å². The fraction of sp³-hybridized carbons (Fsp3) is 0.667. The topological polar surface area (TPSA) is 136 Å². The second-order valence-electron chi connectivity index (χ2n) is 7.14. The molecule has 0 saturated heterocycles. The van der Waals surface area contributed by atoms with Gasteiger partial charge in [-0.1, -0.05) is 13.3 Å². The molecule has 0 saturated carbocycles. The van der Waals surface area contributed by atoms with E-state index in [1.54, 1.807) is 12.1 Å². The number of benzene rings is 1. The first-order valence-electron chi connectivity index (χ1n) is 10.6. The number of carbonyl (C=O) groups is 1. The zero-order valence-corrected chi connectivity index (χ0v) is 18.8. The Morgan fingerprint density at radius 3 is 2.10 bits per heavy atom. The molecule has 10 nitrogen and oxygen atoms in total. The molecule has 0 spiro atoms. The highest BCUT2D eigenvalue weighted by molar-refractivity contribution is 5.90. The van der Waals surface area contributed by atoms with Crippen LogP contribution in [0.2, 0.25) is 0 Å². The number of hydrogen-bond donors (Lipinski definition) is 6. The molecule has 0 aliphatic rings. The van der Waals surface area contributed by atoms with Gasteiger partial charge in [-0.15, -0.1) is 0 Å². The Labute approximate surface area is 184 Å². The van der Waals surface area contributed by atoms with E-state index in [1.165, 1.54) is 0 Å². The molecule has 1 rings (SSSR count). The number of nitrogens with one attached hydrogen (secondary N) is 3. The Bertz CT molecular complexity index is 606. The number of anilines is 1. The Morgan fingerprint density at radius 2 is 1.61 bits per heavy atom. The molecule has 0 bridgehead atoms. The first-order valence-corrected chi connectivity index (χ1v) is 10.6. The van der Waals surface area contributed by atoms with E-state index < -0.39 is 18.0 Å². The molecular weight excluding hydrogens is 404 g/mol. The van der Waals surface area contributed by atoms with Gasteiger partial charge in [-0.3, -0.25) is 16.0 Å². The normalized spacial score (nSPS) is 12.6. The van der Waals surface area contributed by atoms with Crippen LogP contribution < -0.4 is 20.9 Å². The second-order valence-corrected chi connectivity index (χ2v) is 7.14. The van der Waals surface area contributed by atoms with Crippen LogP contribution in [0.3, 0.4) is 0 Å². The molecule has 0 aliphatic carbocycles. The highest BCUT2D eigenvalue weighted by Gasteiger charge is 2.42. The summed E-state index contributed by atoms with van der Waals surface area (Å²) >= 11 is 0. The number of unbranched alkanes of at least 4 members (excludes halogenated alkanes) is 1. The van der Waals surface area contributed by atoms with Crippen molar-refractivity contribution in [3.63, 3.8) is 0 Å². The van der Waals surface area contributed by atoms with Gasteiger partial charge in [0, 0.05) is 39.4 Å². The van der Waals surface area contributed by atoms with Crippen LogP contribution >= 0.6 is 0 Å². The highest BCUT2D eigenvalue weighted by atomic mass is 16.6. The molecule has 1 atom stereocenters. The van der Waals surface area contributed by atoms with Crippen molar-refractivity contribution >= 4 is 11.7 Å². The molecule has 0 aromatic heterocycles. The van der Waals surface area contributed by atoms with Crippen LogP contribution in [0.1, 0.15) is 30.1 Å². The fourth-order valence-electron chi connectivity index (χ4n) is 2.82. The number of aliphatic hydroxyl groups is 3. The van der Waals surface area contributed by atoms with E-state index >= 15 is 0 Å². The lowest BCUT2D eigenvalue weighted by molar-refractivity contribution is -0.179. The zero-order chi connectivity index (χ0) is 23.1. The number of ether oxygens (including phenoxy) is 2. The predicted octanol–water partition coefficient (Wildman–Crippen LogP) is -0.548. The van der Waals surface area contributed by atoms with E-state index in [4.69, 9.17) is 9.47 Å². The van der Waals surface area contributed by atoms with Crippen molar-refractivity contribution in [3.05, 3.63) is 29.8 Å². The summed E-state index contributed by atoms with van der Waals surface area (Å²) < 4.78 is 11.8. The first kappa shape index (κ1) is 27.2. The third-order valence-electron chi connectivity index (χ3n) is 4.48. The van der Waals surface area contributed by atoms with Gasteiger partial charge in [0.1, 0.15) is 0 Å². The lowest BCUT2D eigenvalue weighted by Gasteiger charge is -2.41. The van der Waals surface area contributed by atoms with Gasteiger partial charge in [-0.05, 0) is 30.7 Å². The number of esters is 1. The molecule has 6 N–H and O–H groups in total. The van der Waals surface area contributed by atoms with Crippen molar-refractivity contribution < 1.29 is 29.6 Å². The van der Waals surface area contributed by atoms with Crippen LogP contribution in [-0.2, 0) is 9.47 Å². The molecule has 0 heterocycles. The summed E-state index contributed by atoms with van der Waals surface area (Å²) in [6, 6.07) is 6.96. The smallest absolute Gasteiger partial charge is 0.339 e. The van der Waals surface area contributed by atoms with Crippen molar-refractivity contribution in [1.82, 2.24) is 16.0 Å². The Morgan fingerprint density at radius 1 is 1.03 bits per heavy atom. The summed E-state index contributed by atoms with van der Waals surface area (Å²) in [7, 11) is 3.81. The van der Waals surface area contributed by atoms with Crippen LogP contribution in [-0.4, -0.2) is 93.5 Å². The van der Waals surface area contributed by atoms with Crippen molar-refractivity contribution in [2.75, 3.05) is 65.1 Å². The molecule has 1 aromatic carbocycles. The number of carbonyl (C=O) groups excluding carboxylic acids is 1. The van der Waals surface area contributed by atoms with Gasteiger partial charge >= 0.3 is 5.97 Å². The van der Waals surface area contributed by atoms with E-state index in [9.17, 15) is 20.1 Å². The van der Waals surface area contributed by atoms with Gasteiger partial charge in [0.15, 0.2) is 0 Å². The number of rotatable bonds is 17. The molecular formula is C21H38N4O6. The molecule has 10 heteroatoms. The quantitative estimate of drug-likeness (QED) is 0.106. The van der Waals surface area contributed by atoms with Crippen LogP contribution in [0.25, 0.3) is 0 Å². The Kier molecular flexibility index (Phi) is 13.3. The van der Waals surface area contributed by atoms with Crippen LogP contribution in [0, 0.1) is 0 Å². The minimum absolute atomic E-state index is 0.137. The largest absolute Gasteiger partial charge is 0.437 e. The first-order chi connectivity index (χ1) is 14.9. The fourth-order valence-corrected chi connectivity index (χ4v) is 2.82. The summed E-state index contributed by atoms with van der Waals surface area (Å²) in [6.07, 6.45) is 0.592. The van der Waals surface area contributed by atoms with E-state index in [0.29, 0.717) is 12.2 Å². The number of nitrogens with zero attached hydrogens (tertiary/aromatic N) is 1. The van der Waals surface area contributed by atoms with Crippen LogP contribution in [0.5, 0.6) is 0 Å². The van der Waals surface area contributed by atoms with Crippen LogP contribution in [0.15, 0.2) is 24.3 Å². The molecule has 0 aliphatic heterocycles. The summed E-state index contributed by atoms with van der Waals surface area (Å²) in [5, 5.41) is 37.1. The predicted molar refractivity (Wildman–Crippen MR) is 119 cm³/mol. The van der Waals surface area contributed by atoms with Gasteiger partial charge in [0.25, 0.3) is 0 Å². The summed E-state index contributed by atoms with van der Waals surface area (Å²) in [5.74, 6) is -2.00. The molecule has 0 amide bonds. The lowest BCUT2D eigenvalue weighted by atomic mass is 10.2. The minimum atomic E-state index is -1.42.